The number of nitrogens with zero attached hydrogens (tertiary/aromatic N) is 5. The maximum Gasteiger partial charge on any atom is 0.492 e. The molecule has 0 radical (unpaired) electrons. The highest BCUT2D eigenvalue weighted by Crippen LogP contribution is 2.18. The van der Waals surface area contributed by atoms with E-state index in [4.69, 9.17) is 0 Å². The first-order chi connectivity index (χ1) is 8.00. The average molecular weight is 413 g/mol. The zero-order valence-electron chi connectivity index (χ0n) is 7.79. The van der Waals surface area contributed by atoms with Gasteiger partial charge in [-0.05, 0) is 32.5 Å². The monoisotopic (exact) mass is 412 g/mol. The molecule has 88 valence electrons. The van der Waals surface area contributed by atoms with Crippen molar-refractivity contribution in [3.05, 3.63) is 35.1 Å². The molecule has 2 rings (SSSR count). The Kier molecular flexibility index (Phi) is 3.19. The summed E-state index contributed by atoms with van der Waals surface area (Å²) in [4.78, 5) is 31.0. The minimum absolute atomic E-state index is 0.0974. The molecule has 0 unspecified atom stereocenters. The number of hydrogen-bond acceptors (Lipinski definition) is 6. The first kappa shape index (κ1) is 12.1. The minimum atomic E-state index is -0.735. The van der Waals surface area contributed by atoms with E-state index < -0.39 is 10.9 Å². The van der Waals surface area contributed by atoms with Crippen LogP contribution in [-0.2, 0) is 0 Å². The van der Waals surface area contributed by atoms with E-state index in [1.54, 1.807) is 22.6 Å². The molecule has 0 aliphatic rings. The van der Waals surface area contributed by atoms with Gasteiger partial charge in [0.2, 0.25) is 0 Å². The van der Waals surface area contributed by atoms with Gasteiger partial charge in [0.1, 0.15) is 3.57 Å². The van der Waals surface area contributed by atoms with Crippen LogP contribution in [0.1, 0.15) is 0 Å². The molecule has 1 N–H and O–H groups in total. The number of aromatic nitrogens is 5. The summed E-state index contributed by atoms with van der Waals surface area (Å²) in [5, 5.41) is 14.1. The minimum Gasteiger partial charge on any atom is -0.390 e. The summed E-state index contributed by atoms with van der Waals surface area (Å²) in [5.74, 6) is -0.406. The smallest absolute Gasteiger partial charge is 0.390 e. The van der Waals surface area contributed by atoms with E-state index in [0.29, 0.717) is 0 Å². The normalized spacial score (nSPS) is 10.5. The van der Waals surface area contributed by atoms with Crippen molar-refractivity contribution < 1.29 is 4.92 Å². The predicted molar refractivity (Wildman–Crippen MR) is 66.8 cm³/mol. The summed E-state index contributed by atoms with van der Waals surface area (Å²) in [7, 11) is 0. The molecule has 0 amide bonds. The van der Waals surface area contributed by atoms with Crippen LogP contribution in [0, 0.1) is 13.7 Å². The fourth-order valence-electron chi connectivity index (χ4n) is 1.02. The molecule has 0 saturated heterocycles. The van der Waals surface area contributed by atoms with Crippen molar-refractivity contribution in [1.29, 1.82) is 0 Å². The summed E-state index contributed by atoms with van der Waals surface area (Å²) in [6.07, 6.45) is 1.18. The van der Waals surface area contributed by atoms with Crippen molar-refractivity contribution in [3.8, 4) is 5.82 Å². The molecule has 2 aromatic heterocycles. The maximum atomic E-state index is 11.4. The quantitative estimate of drug-likeness (QED) is 0.438. The molecular weight excluding hydrogens is 411 g/mol. The largest absolute Gasteiger partial charge is 0.492 e. The highest BCUT2D eigenvalue weighted by Gasteiger charge is 2.23. The Morgan fingerprint density at radius 2 is 2.29 bits per heavy atom. The molecule has 0 atom stereocenters. The van der Waals surface area contributed by atoms with E-state index >= 15 is 0 Å². The van der Waals surface area contributed by atoms with Gasteiger partial charge in [0.05, 0.1) is 6.33 Å². The summed E-state index contributed by atoms with van der Waals surface area (Å²) in [6, 6.07) is 0. The Bertz CT molecular complexity index is 651. The summed E-state index contributed by atoms with van der Waals surface area (Å²) >= 11 is 4.78. The second-order valence-corrected chi connectivity index (χ2v) is 4.51. The third kappa shape index (κ3) is 2.19. The van der Waals surface area contributed by atoms with Crippen LogP contribution in [0.3, 0.4) is 0 Å². The van der Waals surface area contributed by atoms with Gasteiger partial charge >= 0.3 is 5.95 Å². The van der Waals surface area contributed by atoms with Crippen LogP contribution in [0.4, 0.5) is 5.95 Å². The number of nitrogens with one attached hydrogen (secondary N) is 1. The van der Waals surface area contributed by atoms with Crippen molar-refractivity contribution in [2.75, 3.05) is 0 Å². The standard InChI is InChI=1S/C6H2BrIN6O3/c7-5-11-6(14(16)17)12-13(5)3-2(8)4(15)10-1-9-3/h1H,(H,9,10,15). The van der Waals surface area contributed by atoms with E-state index in [1.165, 1.54) is 6.33 Å². The lowest BCUT2D eigenvalue weighted by Crippen LogP contribution is -2.16. The Hall–Kier alpha value is -1.37. The van der Waals surface area contributed by atoms with Gasteiger partial charge in [-0.1, -0.05) is 0 Å². The second kappa shape index (κ2) is 4.48. The number of nitro groups is 1. The van der Waals surface area contributed by atoms with Gasteiger partial charge in [-0.15, -0.1) is 4.68 Å². The lowest BCUT2D eigenvalue weighted by atomic mass is 10.6. The van der Waals surface area contributed by atoms with Crippen molar-refractivity contribution in [1.82, 2.24) is 24.7 Å². The van der Waals surface area contributed by atoms with Gasteiger partial charge in [-0.3, -0.25) is 4.79 Å². The summed E-state index contributed by atoms with van der Waals surface area (Å²) in [5.41, 5.74) is -0.361. The van der Waals surface area contributed by atoms with Crippen LogP contribution in [0.2, 0.25) is 0 Å². The Labute approximate surface area is 115 Å². The van der Waals surface area contributed by atoms with Crippen LogP contribution in [-0.4, -0.2) is 29.7 Å². The molecule has 0 bridgehead atoms. The van der Waals surface area contributed by atoms with E-state index in [9.17, 15) is 14.9 Å². The van der Waals surface area contributed by atoms with Crippen LogP contribution >= 0.6 is 38.5 Å². The van der Waals surface area contributed by atoms with Crippen LogP contribution in [0.5, 0.6) is 0 Å². The van der Waals surface area contributed by atoms with Crippen molar-refractivity contribution in [2.24, 2.45) is 0 Å². The van der Waals surface area contributed by atoms with E-state index in [2.05, 4.69) is 36.0 Å². The predicted octanol–water partition coefficient (Wildman–Crippen LogP) is 0.626. The second-order valence-electron chi connectivity index (χ2n) is 2.72. The van der Waals surface area contributed by atoms with Gasteiger partial charge in [0.15, 0.2) is 5.82 Å². The first-order valence-corrected chi connectivity index (χ1v) is 5.88. The van der Waals surface area contributed by atoms with Crippen molar-refractivity contribution in [3.63, 3.8) is 0 Å². The fourth-order valence-corrected chi connectivity index (χ4v) is 1.95. The first-order valence-electron chi connectivity index (χ1n) is 4.01. The Morgan fingerprint density at radius 1 is 1.59 bits per heavy atom. The topological polar surface area (TPSA) is 120 Å². The zero-order chi connectivity index (χ0) is 12.6. The molecule has 0 aliphatic carbocycles. The molecule has 0 aliphatic heterocycles. The van der Waals surface area contributed by atoms with Crippen LogP contribution in [0.25, 0.3) is 5.82 Å². The van der Waals surface area contributed by atoms with Gasteiger partial charge in [0, 0.05) is 21.0 Å². The van der Waals surface area contributed by atoms with Gasteiger partial charge in [-0.2, -0.15) is 0 Å². The Morgan fingerprint density at radius 3 is 2.88 bits per heavy atom. The lowest BCUT2D eigenvalue weighted by molar-refractivity contribution is -0.394. The molecule has 17 heavy (non-hydrogen) atoms. The van der Waals surface area contributed by atoms with Crippen molar-refractivity contribution >= 4 is 44.5 Å². The number of H-pyrrole nitrogens is 1. The van der Waals surface area contributed by atoms with E-state index in [-0.39, 0.29) is 19.7 Å². The van der Waals surface area contributed by atoms with Gasteiger partial charge in [0.25, 0.3) is 10.3 Å². The van der Waals surface area contributed by atoms with E-state index in [1.807, 2.05) is 0 Å². The molecule has 9 nitrogen and oxygen atoms in total. The molecule has 11 heteroatoms. The third-order valence-electron chi connectivity index (χ3n) is 1.70. The molecule has 0 saturated carbocycles. The fraction of sp³-hybridized carbons (Fsp3) is 0. The number of rotatable bonds is 2. The van der Waals surface area contributed by atoms with Crippen LogP contribution in [0.15, 0.2) is 15.9 Å². The molecule has 2 heterocycles. The zero-order valence-corrected chi connectivity index (χ0v) is 11.5. The van der Waals surface area contributed by atoms with E-state index in [0.717, 1.165) is 4.68 Å². The molecule has 0 fully saturated rings. The number of hydrogen-bond donors (Lipinski definition) is 1. The van der Waals surface area contributed by atoms with Gasteiger partial charge < -0.3 is 15.1 Å². The van der Waals surface area contributed by atoms with Crippen LogP contribution < -0.4 is 5.56 Å². The highest BCUT2D eigenvalue weighted by atomic mass is 127. The molecule has 0 aromatic carbocycles. The maximum absolute atomic E-state index is 11.4. The molecular formula is C6H2BrIN6O3. The third-order valence-corrected chi connectivity index (χ3v) is 3.18. The number of halogens is 2. The van der Waals surface area contributed by atoms with Gasteiger partial charge in [-0.25, -0.2) is 4.98 Å². The average Bonchev–Trinajstić information content (AvgIpc) is 2.65. The lowest BCUT2D eigenvalue weighted by Gasteiger charge is -1.97. The molecule has 0 spiro atoms. The highest BCUT2D eigenvalue weighted by molar-refractivity contribution is 14.1. The number of aromatic amines is 1. The van der Waals surface area contributed by atoms with Crippen molar-refractivity contribution in [2.45, 2.75) is 0 Å². The summed E-state index contributed by atoms with van der Waals surface area (Å²) < 4.78 is 1.43. The summed E-state index contributed by atoms with van der Waals surface area (Å²) in [6.45, 7) is 0. The molecule has 2 aromatic rings. The SMILES string of the molecule is O=c1[nH]cnc(-n2nc([N+](=O)[O-])nc2Br)c1I. The Balaban J connectivity index is 2.65.